The summed E-state index contributed by atoms with van der Waals surface area (Å²) in [5.41, 5.74) is 7.39. The zero-order chi connectivity index (χ0) is 18.8. The van der Waals surface area contributed by atoms with E-state index in [0.717, 1.165) is 50.4 Å². The van der Waals surface area contributed by atoms with Crippen molar-refractivity contribution in [3.63, 3.8) is 0 Å². The van der Waals surface area contributed by atoms with Crippen LogP contribution in [0, 0.1) is 13.8 Å². The molecule has 5 nitrogen and oxygen atoms in total. The highest BCUT2D eigenvalue weighted by Gasteiger charge is 2.20. The Labute approximate surface area is 161 Å². The van der Waals surface area contributed by atoms with Crippen molar-refractivity contribution in [2.45, 2.75) is 53.1 Å². The second kappa shape index (κ2) is 7.61. The Morgan fingerprint density at radius 2 is 1.96 bits per heavy atom. The van der Waals surface area contributed by atoms with Gasteiger partial charge in [0.1, 0.15) is 5.82 Å². The lowest BCUT2D eigenvalue weighted by Gasteiger charge is -2.28. The highest BCUT2D eigenvalue weighted by Crippen LogP contribution is 2.22. The van der Waals surface area contributed by atoms with E-state index in [4.69, 9.17) is 4.98 Å². The van der Waals surface area contributed by atoms with Crippen LogP contribution in [0.25, 0.3) is 5.69 Å². The van der Waals surface area contributed by atoms with Gasteiger partial charge in [0.2, 0.25) is 0 Å². The van der Waals surface area contributed by atoms with Crippen LogP contribution in [0.5, 0.6) is 0 Å². The number of aryl methyl sites for hydroxylation is 2. The summed E-state index contributed by atoms with van der Waals surface area (Å²) in [7, 11) is 0. The molecule has 1 aliphatic rings. The molecule has 0 atom stereocenters. The molecule has 0 radical (unpaired) electrons. The van der Waals surface area contributed by atoms with Crippen LogP contribution < -0.4 is 0 Å². The molecule has 5 heteroatoms. The zero-order valence-corrected chi connectivity index (χ0v) is 16.4. The number of rotatable bonds is 5. The van der Waals surface area contributed by atoms with E-state index in [-0.39, 0.29) is 0 Å². The largest absolute Gasteiger partial charge is 0.294 e. The Morgan fingerprint density at radius 1 is 1.11 bits per heavy atom. The van der Waals surface area contributed by atoms with E-state index in [2.05, 4.69) is 64.7 Å². The third-order valence-electron chi connectivity index (χ3n) is 5.39. The van der Waals surface area contributed by atoms with Crippen LogP contribution in [0.1, 0.15) is 47.2 Å². The lowest BCUT2D eigenvalue weighted by atomic mass is 10.1. The topological polar surface area (TPSA) is 46.8 Å². The quantitative estimate of drug-likeness (QED) is 0.694. The Bertz CT molecular complexity index is 944. The third-order valence-corrected chi connectivity index (χ3v) is 5.39. The van der Waals surface area contributed by atoms with Gasteiger partial charge in [0.25, 0.3) is 0 Å². The van der Waals surface area contributed by atoms with E-state index >= 15 is 0 Å². The number of hydrogen-bond donors (Lipinski definition) is 0. The Kier molecular flexibility index (Phi) is 5.03. The number of fused-ring (bicyclic) bond motifs is 1. The molecule has 0 unspecified atom stereocenters. The van der Waals surface area contributed by atoms with Crippen LogP contribution in [0.2, 0.25) is 0 Å². The highest BCUT2D eigenvalue weighted by molar-refractivity contribution is 5.41. The molecule has 0 aliphatic carbocycles. The van der Waals surface area contributed by atoms with Crippen LogP contribution in [-0.4, -0.2) is 31.2 Å². The summed E-state index contributed by atoms with van der Waals surface area (Å²) < 4.78 is 2.06. The van der Waals surface area contributed by atoms with Crippen molar-refractivity contribution in [1.82, 2.24) is 24.6 Å². The molecule has 3 heterocycles. The molecule has 1 aromatic carbocycles. The van der Waals surface area contributed by atoms with Gasteiger partial charge in [-0.2, -0.15) is 5.10 Å². The van der Waals surface area contributed by atoms with Gasteiger partial charge >= 0.3 is 0 Å². The monoisotopic (exact) mass is 361 g/mol. The fraction of sp³-hybridized carbons (Fsp3) is 0.409. The smallest absolute Gasteiger partial charge is 0.128 e. The minimum atomic E-state index is 0.911. The first-order valence-corrected chi connectivity index (χ1v) is 9.81. The normalized spacial score (nSPS) is 14.3. The second-order valence-electron chi connectivity index (χ2n) is 7.42. The van der Waals surface area contributed by atoms with E-state index in [1.165, 1.54) is 28.1 Å². The second-order valence-corrected chi connectivity index (χ2v) is 7.42. The molecule has 27 heavy (non-hydrogen) atoms. The van der Waals surface area contributed by atoms with E-state index < -0.39 is 0 Å². The van der Waals surface area contributed by atoms with Crippen LogP contribution in [0.4, 0.5) is 0 Å². The lowest BCUT2D eigenvalue weighted by Crippen LogP contribution is -2.31. The van der Waals surface area contributed by atoms with Gasteiger partial charge in [-0.3, -0.25) is 4.90 Å². The van der Waals surface area contributed by atoms with E-state index in [1.54, 1.807) is 0 Å². The van der Waals surface area contributed by atoms with Gasteiger partial charge in [-0.1, -0.05) is 25.1 Å². The molecule has 4 rings (SSSR count). The minimum Gasteiger partial charge on any atom is -0.294 e. The maximum Gasteiger partial charge on any atom is 0.128 e. The summed E-state index contributed by atoms with van der Waals surface area (Å²) >= 11 is 0. The summed E-state index contributed by atoms with van der Waals surface area (Å²) in [5, 5.41) is 4.65. The number of hydrogen-bond acceptors (Lipinski definition) is 4. The van der Waals surface area contributed by atoms with Gasteiger partial charge in [-0.05, 0) is 31.9 Å². The molecule has 140 valence electrons. The third kappa shape index (κ3) is 3.65. The molecule has 0 amide bonds. The summed E-state index contributed by atoms with van der Waals surface area (Å²) in [5.74, 6) is 0.986. The van der Waals surface area contributed by atoms with Crippen molar-refractivity contribution in [3.8, 4) is 5.69 Å². The van der Waals surface area contributed by atoms with Gasteiger partial charge in [0, 0.05) is 61.2 Å². The van der Waals surface area contributed by atoms with Crippen LogP contribution in [-0.2, 0) is 25.9 Å². The van der Waals surface area contributed by atoms with Gasteiger partial charge in [0.15, 0.2) is 0 Å². The van der Waals surface area contributed by atoms with Crippen LogP contribution >= 0.6 is 0 Å². The molecule has 0 saturated heterocycles. The van der Waals surface area contributed by atoms with Crippen LogP contribution in [0.3, 0.4) is 0 Å². The standard InChI is InChI=1S/C22H27N5/c1-4-7-22-23-12-19-15-26(11-10-20(19)25-22)14-18-13-24-27(17(18)3)21-9-6-5-8-16(21)2/h5-6,8-9,12-13H,4,7,10-11,14-15H2,1-3H3. The first-order valence-electron chi connectivity index (χ1n) is 9.81. The van der Waals surface area contributed by atoms with E-state index in [9.17, 15) is 0 Å². The van der Waals surface area contributed by atoms with Gasteiger partial charge in [0.05, 0.1) is 11.9 Å². The summed E-state index contributed by atoms with van der Waals surface area (Å²) in [6.45, 7) is 9.32. The fourth-order valence-electron chi connectivity index (χ4n) is 3.78. The molecule has 0 saturated carbocycles. The fourth-order valence-corrected chi connectivity index (χ4v) is 3.78. The Balaban J connectivity index is 1.50. The number of para-hydroxylation sites is 1. The Morgan fingerprint density at radius 3 is 2.78 bits per heavy atom. The highest BCUT2D eigenvalue weighted by atomic mass is 15.3. The van der Waals surface area contributed by atoms with Crippen molar-refractivity contribution < 1.29 is 0 Å². The maximum atomic E-state index is 4.76. The average Bonchev–Trinajstić information content (AvgIpc) is 3.03. The van der Waals surface area contributed by atoms with Crippen molar-refractivity contribution in [2.75, 3.05) is 6.54 Å². The average molecular weight is 361 g/mol. The van der Waals surface area contributed by atoms with Gasteiger partial charge in [-0.25, -0.2) is 14.6 Å². The Hall–Kier alpha value is -2.53. The summed E-state index contributed by atoms with van der Waals surface area (Å²) in [6.07, 6.45) is 7.10. The molecule has 3 aromatic rings. The molecule has 2 aromatic heterocycles. The van der Waals surface area contributed by atoms with Crippen LogP contribution in [0.15, 0.2) is 36.7 Å². The molecule has 0 spiro atoms. The van der Waals surface area contributed by atoms with Gasteiger partial charge in [-0.15, -0.1) is 0 Å². The summed E-state index contributed by atoms with van der Waals surface area (Å²) in [6, 6.07) is 8.39. The maximum absolute atomic E-state index is 4.76. The number of aromatic nitrogens is 4. The minimum absolute atomic E-state index is 0.911. The molecule has 0 fully saturated rings. The van der Waals surface area contributed by atoms with Crippen molar-refractivity contribution in [2.24, 2.45) is 0 Å². The number of nitrogens with zero attached hydrogens (tertiary/aromatic N) is 5. The van der Waals surface area contributed by atoms with E-state index in [1.807, 2.05) is 12.4 Å². The lowest BCUT2D eigenvalue weighted by molar-refractivity contribution is 0.242. The van der Waals surface area contributed by atoms with Gasteiger partial charge < -0.3 is 0 Å². The van der Waals surface area contributed by atoms with E-state index in [0.29, 0.717) is 0 Å². The SMILES string of the molecule is CCCc1ncc2c(n1)CCN(Cc1cnn(-c3ccccc3C)c1C)C2. The molecular weight excluding hydrogens is 334 g/mol. The first-order chi connectivity index (χ1) is 13.2. The molecular formula is C22H27N5. The molecule has 0 N–H and O–H groups in total. The predicted octanol–water partition coefficient (Wildman–Crippen LogP) is 3.79. The first kappa shape index (κ1) is 17.9. The van der Waals surface area contributed by atoms with Crippen molar-refractivity contribution in [3.05, 3.63) is 70.6 Å². The van der Waals surface area contributed by atoms with Crippen molar-refractivity contribution >= 4 is 0 Å². The zero-order valence-electron chi connectivity index (χ0n) is 16.4. The van der Waals surface area contributed by atoms with Crippen molar-refractivity contribution in [1.29, 1.82) is 0 Å². The predicted molar refractivity (Wildman–Crippen MR) is 107 cm³/mol. The number of benzene rings is 1. The summed E-state index contributed by atoms with van der Waals surface area (Å²) in [4.78, 5) is 11.8. The molecule has 0 bridgehead atoms. The molecule has 1 aliphatic heterocycles.